The Kier molecular flexibility index (Phi) is 55.0. The van der Waals surface area contributed by atoms with Crippen LogP contribution >= 0.6 is 0 Å². The molecule has 294 valence electrons. The molecule has 48 heavy (non-hydrogen) atoms. The smallest absolute Gasteiger partial charge is 0.0701 e. The van der Waals surface area contributed by atoms with Crippen LogP contribution in [-0.4, -0.2) is 160 Å². The van der Waals surface area contributed by atoms with E-state index < -0.39 is 0 Å². The van der Waals surface area contributed by atoms with Crippen molar-refractivity contribution in [3.8, 4) is 0 Å². The van der Waals surface area contributed by atoms with Gasteiger partial charge in [-0.3, -0.25) is 0 Å². The lowest BCUT2D eigenvalue weighted by Crippen LogP contribution is -2.15. The van der Waals surface area contributed by atoms with Crippen molar-refractivity contribution in [1.29, 1.82) is 0 Å². The first-order chi connectivity index (χ1) is 23.5. The summed E-state index contributed by atoms with van der Waals surface area (Å²) in [6.45, 7) is 25.5. The van der Waals surface area contributed by atoms with Gasteiger partial charge in [-0.2, -0.15) is 0 Å². The van der Waals surface area contributed by atoms with E-state index in [0.717, 1.165) is 11.8 Å². The molecule has 0 rings (SSSR count). The summed E-state index contributed by atoms with van der Waals surface area (Å²) in [6.07, 6.45) is 5.32. The van der Waals surface area contributed by atoms with Crippen molar-refractivity contribution in [2.45, 2.75) is 67.2 Å². The molecule has 0 aromatic carbocycles. The van der Waals surface area contributed by atoms with Crippen molar-refractivity contribution in [1.82, 2.24) is 0 Å². The average molecular weight is 703 g/mol. The Bertz CT molecular complexity index is 467. The molecule has 0 atom stereocenters. The molecule has 0 aliphatic heterocycles. The molecule has 0 amide bonds. The molecule has 12 nitrogen and oxygen atoms in total. The lowest BCUT2D eigenvalue weighted by Gasteiger charge is -2.09. The predicted molar refractivity (Wildman–Crippen MR) is 191 cm³/mol. The van der Waals surface area contributed by atoms with Gasteiger partial charge in [0.1, 0.15) is 0 Å². The highest BCUT2D eigenvalue weighted by Gasteiger charge is 1.96. The van der Waals surface area contributed by atoms with Gasteiger partial charge in [-0.25, -0.2) is 0 Å². The minimum absolute atomic E-state index is 0.521. The Morgan fingerprint density at radius 1 is 0.250 bits per heavy atom. The second-order valence-electron chi connectivity index (χ2n) is 11.0. The molecule has 0 heterocycles. The average Bonchev–Trinajstić information content (AvgIpc) is 3.11. The number of hydrogen-bond donors (Lipinski definition) is 0. The molecule has 0 unspecified atom stereocenters. The van der Waals surface area contributed by atoms with Gasteiger partial charge in [0.25, 0.3) is 0 Å². The van der Waals surface area contributed by atoms with Gasteiger partial charge in [0.2, 0.25) is 0 Å². The summed E-state index contributed by atoms with van der Waals surface area (Å²) in [5.74, 6) is 1.87. The maximum Gasteiger partial charge on any atom is 0.0701 e. The molecule has 0 aliphatic rings. The zero-order chi connectivity index (χ0) is 36.0. The van der Waals surface area contributed by atoms with Crippen molar-refractivity contribution in [2.75, 3.05) is 160 Å². The number of rotatable bonds is 37. The first-order valence-electron chi connectivity index (χ1n) is 18.3. The SMILES string of the molecule is CCC(C)CC.CCC(C)CC.COCCOCCOCCOCCOCCOCCOCCOCCOCCOCCOCCOC. The maximum absolute atomic E-state index is 5.45. The third-order valence-corrected chi connectivity index (χ3v) is 7.00. The number of methoxy groups -OCH3 is 2. The maximum atomic E-state index is 5.45. The summed E-state index contributed by atoms with van der Waals surface area (Å²) >= 11 is 0. The van der Waals surface area contributed by atoms with Gasteiger partial charge in [-0.05, 0) is 11.8 Å². The Morgan fingerprint density at radius 3 is 0.458 bits per heavy atom. The number of ether oxygens (including phenoxy) is 12. The summed E-state index contributed by atoms with van der Waals surface area (Å²) in [4.78, 5) is 0. The van der Waals surface area contributed by atoms with Crippen molar-refractivity contribution in [2.24, 2.45) is 11.8 Å². The van der Waals surface area contributed by atoms with Crippen LogP contribution in [0.25, 0.3) is 0 Å². The Hall–Kier alpha value is -0.480. The van der Waals surface area contributed by atoms with Gasteiger partial charge in [0, 0.05) is 14.2 Å². The molecule has 0 N–H and O–H groups in total. The van der Waals surface area contributed by atoms with Gasteiger partial charge in [-0.1, -0.05) is 67.2 Å². The molecular weight excluding hydrogens is 624 g/mol. The molecular formula is C36H78O12. The summed E-state index contributed by atoms with van der Waals surface area (Å²) in [5, 5.41) is 0. The lowest BCUT2D eigenvalue weighted by atomic mass is 10.1. The van der Waals surface area contributed by atoms with Gasteiger partial charge in [-0.15, -0.1) is 0 Å². The molecule has 0 saturated heterocycles. The molecule has 0 aliphatic carbocycles. The summed E-state index contributed by atoms with van der Waals surface area (Å²) in [5.41, 5.74) is 0. The molecule has 0 radical (unpaired) electrons. The third kappa shape index (κ3) is 55.0. The van der Waals surface area contributed by atoms with E-state index in [1.807, 2.05) is 0 Å². The highest BCUT2D eigenvalue weighted by Crippen LogP contribution is 2.03. The minimum Gasteiger partial charge on any atom is -0.382 e. The molecule has 0 fully saturated rings. The van der Waals surface area contributed by atoms with Gasteiger partial charge < -0.3 is 56.8 Å². The minimum atomic E-state index is 0.521. The van der Waals surface area contributed by atoms with E-state index in [1.165, 1.54) is 25.7 Å². The van der Waals surface area contributed by atoms with Gasteiger partial charge in [0.05, 0.1) is 145 Å². The van der Waals surface area contributed by atoms with Crippen LogP contribution in [0.2, 0.25) is 0 Å². The predicted octanol–water partition coefficient (Wildman–Crippen LogP) is 5.33. The van der Waals surface area contributed by atoms with Crippen LogP contribution in [0.5, 0.6) is 0 Å². The van der Waals surface area contributed by atoms with E-state index in [4.69, 9.17) is 56.8 Å². The topological polar surface area (TPSA) is 111 Å². The molecule has 0 saturated carbocycles. The fourth-order valence-corrected chi connectivity index (χ4v) is 2.94. The molecule has 0 bridgehead atoms. The van der Waals surface area contributed by atoms with E-state index in [2.05, 4.69) is 41.5 Å². The van der Waals surface area contributed by atoms with Crippen molar-refractivity contribution < 1.29 is 56.8 Å². The van der Waals surface area contributed by atoms with Crippen LogP contribution in [0.4, 0.5) is 0 Å². The molecule has 0 aromatic heterocycles. The van der Waals surface area contributed by atoms with E-state index in [0.29, 0.717) is 145 Å². The van der Waals surface area contributed by atoms with Crippen molar-refractivity contribution >= 4 is 0 Å². The first-order valence-corrected chi connectivity index (χ1v) is 18.3. The van der Waals surface area contributed by atoms with Gasteiger partial charge in [0.15, 0.2) is 0 Å². The summed E-state index contributed by atoms with van der Waals surface area (Å²) < 4.78 is 63.7. The summed E-state index contributed by atoms with van der Waals surface area (Å²) in [7, 11) is 3.29. The highest BCUT2D eigenvalue weighted by atomic mass is 16.6. The fraction of sp³-hybridized carbons (Fsp3) is 1.00. The van der Waals surface area contributed by atoms with Crippen LogP contribution < -0.4 is 0 Å². The third-order valence-electron chi connectivity index (χ3n) is 7.00. The number of hydrogen-bond acceptors (Lipinski definition) is 12. The quantitative estimate of drug-likeness (QED) is 0.0781. The second-order valence-corrected chi connectivity index (χ2v) is 11.0. The highest BCUT2D eigenvalue weighted by molar-refractivity contribution is 4.42. The molecule has 0 spiro atoms. The van der Waals surface area contributed by atoms with Gasteiger partial charge >= 0.3 is 0 Å². The van der Waals surface area contributed by atoms with Crippen LogP contribution in [0.1, 0.15) is 67.2 Å². The Morgan fingerprint density at radius 2 is 0.375 bits per heavy atom. The van der Waals surface area contributed by atoms with E-state index >= 15 is 0 Å². The zero-order valence-corrected chi connectivity index (χ0v) is 32.4. The largest absolute Gasteiger partial charge is 0.382 e. The van der Waals surface area contributed by atoms with Crippen LogP contribution in [-0.2, 0) is 56.8 Å². The van der Waals surface area contributed by atoms with E-state index in [-0.39, 0.29) is 0 Å². The van der Waals surface area contributed by atoms with E-state index in [9.17, 15) is 0 Å². The zero-order valence-electron chi connectivity index (χ0n) is 32.4. The van der Waals surface area contributed by atoms with Crippen LogP contribution in [0.15, 0.2) is 0 Å². The monoisotopic (exact) mass is 703 g/mol. The van der Waals surface area contributed by atoms with E-state index in [1.54, 1.807) is 14.2 Å². The normalized spacial score (nSPS) is 11.1. The van der Waals surface area contributed by atoms with Crippen molar-refractivity contribution in [3.63, 3.8) is 0 Å². The molecule has 0 aromatic rings. The lowest BCUT2D eigenvalue weighted by molar-refractivity contribution is -0.0276. The second kappa shape index (κ2) is 50.9. The Labute approximate surface area is 295 Å². The standard InChI is InChI=1S/C24H50O12.2C6H14/c1-25-3-5-27-7-9-29-11-13-31-15-17-33-19-21-35-23-24-36-22-20-34-18-16-32-14-12-30-10-8-28-6-4-26-2;2*1-4-6(3)5-2/h3-24H2,1-2H3;2*6H,4-5H2,1-3H3. The summed E-state index contributed by atoms with van der Waals surface area (Å²) in [6, 6.07) is 0. The Balaban J connectivity index is -0.00000142. The van der Waals surface area contributed by atoms with Crippen LogP contribution in [0.3, 0.4) is 0 Å². The van der Waals surface area contributed by atoms with Crippen LogP contribution in [0, 0.1) is 11.8 Å². The first kappa shape index (κ1) is 51.9. The van der Waals surface area contributed by atoms with Crippen molar-refractivity contribution in [3.05, 3.63) is 0 Å². The fourth-order valence-electron chi connectivity index (χ4n) is 2.94. The molecule has 12 heteroatoms.